The van der Waals surface area contributed by atoms with E-state index in [1.54, 1.807) is 30.3 Å². The van der Waals surface area contributed by atoms with Crippen LogP contribution in [0.4, 0.5) is 4.39 Å². The predicted octanol–water partition coefficient (Wildman–Crippen LogP) is 3.05. The van der Waals surface area contributed by atoms with Crippen LogP contribution in [0.15, 0.2) is 36.4 Å². The molecule has 1 unspecified atom stereocenters. The normalized spacial score (nSPS) is 12.2. The van der Waals surface area contributed by atoms with Gasteiger partial charge in [-0.2, -0.15) is 0 Å². The molecule has 20 heavy (non-hydrogen) atoms. The van der Waals surface area contributed by atoms with Crippen LogP contribution in [0.2, 0.25) is 0 Å². The lowest BCUT2D eigenvalue weighted by Crippen LogP contribution is -2.36. The largest absolute Gasteiger partial charge is 0.394 e. The van der Waals surface area contributed by atoms with Gasteiger partial charge in [0.25, 0.3) is 5.91 Å². The Kier molecular flexibility index (Phi) is 4.87. The van der Waals surface area contributed by atoms with Crippen LogP contribution < -0.4 is 5.32 Å². The highest BCUT2D eigenvalue weighted by molar-refractivity contribution is 7.17. The first kappa shape index (κ1) is 14.7. The van der Waals surface area contributed by atoms with Crippen LogP contribution in [0.3, 0.4) is 0 Å². The van der Waals surface area contributed by atoms with Crippen LogP contribution in [0.5, 0.6) is 0 Å². The summed E-state index contributed by atoms with van der Waals surface area (Å²) in [5.41, 5.74) is 0.491. The van der Waals surface area contributed by atoms with Gasteiger partial charge in [-0.3, -0.25) is 4.79 Å². The lowest BCUT2D eigenvalue weighted by atomic mass is 10.2. The third-order valence-electron chi connectivity index (χ3n) is 3.02. The molecular weight excluding hydrogens is 277 g/mol. The monoisotopic (exact) mass is 293 g/mol. The molecule has 0 aliphatic carbocycles. The SMILES string of the molecule is CCC(CO)NC(=O)c1ccc(-c2ccccc2F)s1. The van der Waals surface area contributed by atoms with Crippen molar-refractivity contribution in [3.63, 3.8) is 0 Å². The van der Waals surface area contributed by atoms with Gasteiger partial charge in [0.2, 0.25) is 0 Å². The molecule has 0 bridgehead atoms. The molecule has 3 nitrogen and oxygen atoms in total. The van der Waals surface area contributed by atoms with Crippen LogP contribution in [-0.4, -0.2) is 23.7 Å². The van der Waals surface area contributed by atoms with E-state index in [2.05, 4.69) is 5.32 Å². The van der Waals surface area contributed by atoms with E-state index in [-0.39, 0.29) is 24.4 Å². The quantitative estimate of drug-likeness (QED) is 0.890. The van der Waals surface area contributed by atoms with Crippen molar-refractivity contribution in [2.45, 2.75) is 19.4 Å². The van der Waals surface area contributed by atoms with E-state index < -0.39 is 0 Å². The maximum absolute atomic E-state index is 13.7. The molecule has 5 heteroatoms. The van der Waals surface area contributed by atoms with Crippen molar-refractivity contribution in [1.82, 2.24) is 5.32 Å². The molecule has 0 saturated carbocycles. The van der Waals surface area contributed by atoms with Gasteiger partial charge in [0, 0.05) is 10.4 Å². The Morgan fingerprint density at radius 1 is 1.35 bits per heavy atom. The van der Waals surface area contributed by atoms with Gasteiger partial charge in [-0.05, 0) is 24.6 Å². The van der Waals surface area contributed by atoms with Crippen molar-refractivity contribution in [3.8, 4) is 10.4 Å². The highest BCUT2D eigenvalue weighted by Crippen LogP contribution is 2.29. The molecule has 2 rings (SSSR count). The average molecular weight is 293 g/mol. The molecule has 2 aromatic rings. The Hall–Kier alpha value is -1.72. The Balaban J connectivity index is 2.17. The van der Waals surface area contributed by atoms with Crippen LogP contribution in [0, 0.1) is 5.82 Å². The molecule has 0 radical (unpaired) electrons. The van der Waals surface area contributed by atoms with Crippen molar-refractivity contribution < 1.29 is 14.3 Å². The Labute approximate surface area is 121 Å². The van der Waals surface area contributed by atoms with Gasteiger partial charge >= 0.3 is 0 Å². The van der Waals surface area contributed by atoms with E-state index in [0.717, 1.165) is 0 Å². The molecule has 0 aliphatic rings. The van der Waals surface area contributed by atoms with Crippen molar-refractivity contribution in [3.05, 3.63) is 47.1 Å². The summed E-state index contributed by atoms with van der Waals surface area (Å²) in [5.74, 6) is -0.540. The Morgan fingerprint density at radius 2 is 2.10 bits per heavy atom. The number of aliphatic hydroxyl groups is 1. The number of rotatable bonds is 5. The van der Waals surface area contributed by atoms with Crippen LogP contribution in [-0.2, 0) is 0 Å². The van der Waals surface area contributed by atoms with E-state index in [0.29, 0.717) is 21.7 Å². The summed E-state index contributed by atoms with van der Waals surface area (Å²) in [7, 11) is 0. The van der Waals surface area contributed by atoms with E-state index in [4.69, 9.17) is 5.11 Å². The number of amides is 1. The average Bonchev–Trinajstić information content (AvgIpc) is 2.94. The van der Waals surface area contributed by atoms with Gasteiger partial charge in [-0.15, -0.1) is 11.3 Å². The summed E-state index contributed by atoms with van der Waals surface area (Å²) in [6.07, 6.45) is 0.661. The molecule has 1 aromatic heterocycles. The molecule has 0 spiro atoms. The van der Waals surface area contributed by atoms with Gasteiger partial charge < -0.3 is 10.4 Å². The van der Waals surface area contributed by atoms with Crippen molar-refractivity contribution >= 4 is 17.2 Å². The molecule has 0 saturated heterocycles. The topological polar surface area (TPSA) is 49.3 Å². The van der Waals surface area contributed by atoms with Gasteiger partial charge in [-0.1, -0.05) is 25.1 Å². The molecule has 1 heterocycles. The van der Waals surface area contributed by atoms with E-state index in [9.17, 15) is 9.18 Å². The predicted molar refractivity (Wildman–Crippen MR) is 78.3 cm³/mol. The molecule has 0 aliphatic heterocycles. The molecule has 1 amide bonds. The fraction of sp³-hybridized carbons (Fsp3) is 0.267. The molecule has 1 atom stereocenters. The molecule has 0 fully saturated rings. The third kappa shape index (κ3) is 3.23. The first-order chi connectivity index (χ1) is 9.65. The number of halogens is 1. The van der Waals surface area contributed by atoms with E-state index in [1.807, 2.05) is 6.92 Å². The number of carbonyl (C=O) groups excluding carboxylic acids is 1. The zero-order chi connectivity index (χ0) is 14.5. The number of thiophene rings is 1. The minimum Gasteiger partial charge on any atom is -0.394 e. The van der Waals surface area contributed by atoms with Crippen LogP contribution in [0.1, 0.15) is 23.0 Å². The first-order valence-electron chi connectivity index (χ1n) is 6.42. The standard InChI is InChI=1S/C15H16FNO2S/c1-2-10(9-18)17-15(19)14-8-7-13(20-14)11-5-3-4-6-12(11)16/h3-8,10,18H,2,9H2,1H3,(H,17,19). The fourth-order valence-electron chi connectivity index (χ4n) is 1.80. The summed E-state index contributed by atoms with van der Waals surface area (Å²) >= 11 is 1.24. The summed E-state index contributed by atoms with van der Waals surface area (Å²) in [6.45, 7) is 1.80. The van der Waals surface area contributed by atoms with Gasteiger partial charge in [0.1, 0.15) is 5.82 Å². The molecular formula is C15H16FNO2S. The minimum absolute atomic E-state index is 0.0895. The number of carbonyl (C=O) groups is 1. The second-order valence-electron chi connectivity index (χ2n) is 4.40. The number of hydrogen-bond acceptors (Lipinski definition) is 3. The molecule has 2 N–H and O–H groups in total. The molecule has 1 aromatic carbocycles. The van der Waals surface area contributed by atoms with E-state index >= 15 is 0 Å². The Morgan fingerprint density at radius 3 is 2.75 bits per heavy atom. The lowest BCUT2D eigenvalue weighted by molar-refractivity contribution is 0.0919. The summed E-state index contributed by atoms with van der Waals surface area (Å²) in [6, 6.07) is 9.63. The van der Waals surface area contributed by atoms with Gasteiger partial charge in [0.15, 0.2) is 0 Å². The number of nitrogens with one attached hydrogen (secondary N) is 1. The summed E-state index contributed by atoms with van der Waals surface area (Å²) in [5, 5.41) is 11.8. The van der Waals surface area contributed by atoms with Crippen molar-refractivity contribution in [1.29, 1.82) is 0 Å². The first-order valence-corrected chi connectivity index (χ1v) is 7.23. The third-order valence-corrected chi connectivity index (χ3v) is 4.13. The fourth-order valence-corrected chi connectivity index (χ4v) is 2.74. The smallest absolute Gasteiger partial charge is 0.261 e. The van der Waals surface area contributed by atoms with Gasteiger partial charge in [0.05, 0.1) is 17.5 Å². The molecule has 106 valence electrons. The number of aliphatic hydroxyl groups excluding tert-OH is 1. The second kappa shape index (κ2) is 6.63. The number of hydrogen-bond donors (Lipinski definition) is 2. The summed E-state index contributed by atoms with van der Waals surface area (Å²) < 4.78 is 13.7. The maximum Gasteiger partial charge on any atom is 0.261 e. The van der Waals surface area contributed by atoms with Crippen molar-refractivity contribution in [2.75, 3.05) is 6.61 Å². The second-order valence-corrected chi connectivity index (χ2v) is 5.49. The summed E-state index contributed by atoms with van der Waals surface area (Å²) in [4.78, 5) is 13.2. The highest BCUT2D eigenvalue weighted by Gasteiger charge is 2.15. The van der Waals surface area contributed by atoms with Gasteiger partial charge in [-0.25, -0.2) is 4.39 Å². The Bertz CT molecular complexity index is 593. The zero-order valence-corrected chi connectivity index (χ0v) is 11.9. The highest BCUT2D eigenvalue weighted by atomic mass is 32.1. The van der Waals surface area contributed by atoms with Crippen LogP contribution in [0.25, 0.3) is 10.4 Å². The van der Waals surface area contributed by atoms with Crippen LogP contribution >= 0.6 is 11.3 Å². The minimum atomic E-state index is -0.303. The maximum atomic E-state index is 13.7. The van der Waals surface area contributed by atoms with E-state index in [1.165, 1.54) is 17.4 Å². The zero-order valence-electron chi connectivity index (χ0n) is 11.1. The van der Waals surface area contributed by atoms with Crippen molar-refractivity contribution in [2.24, 2.45) is 0 Å². The lowest BCUT2D eigenvalue weighted by Gasteiger charge is -2.12. The number of benzene rings is 1.